The summed E-state index contributed by atoms with van der Waals surface area (Å²) in [7, 11) is 2.94. The highest BCUT2D eigenvalue weighted by Crippen LogP contribution is 2.20. The molecule has 2 rings (SSSR count). The van der Waals surface area contributed by atoms with Crippen LogP contribution in [0.4, 0.5) is 10.5 Å². The number of hydrogen-bond donors (Lipinski definition) is 1. The van der Waals surface area contributed by atoms with E-state index in [1.165, 1.54) is 7.05 Å². The average Bonchev–Trinajstić information content (AvgIpc) is 2.57. The third kappa shape index (κ3) is 2.10. The molecule has 1 aromatic carbocycles. The van der Waals surface area contributed by atoms with Gasteiger partial charge in [-0.2, -0.15) is 0 Å². The van der Waals surface area contributed by atoms with E-state index in [2.05, 4.69) is 10.3 Å². The Morgan fingerprint density at radius 2 is 2.12 bits per heavy atom. The van der Waals surface area contributed by atoms with Crippen LogP contribution in [0.3, 0.4) is 0 Å². The highest BCUT2D eigenvalue weighted by Gasteiger charge is 2.31. The van der Waals surface area contributed by atoms with Crippen molar-refractivity contribution in [1.29, 1.82) is 0 Å². The van der Waals surface area contributed by atoms with E-state index in [0.717, 1.165) is 4.90 Å². The zero-order valence-electron chi connectivity index (χ0n) is 9.43. The van der Waals surface area contributed by atoms with Crippen molar-refractivity contribution in [2.24, 2.45) is 4.99 Å². The van der Waals surface area contributed by atoms with Crippen LogP contribution in [0.25, 0.3) is 0 Å². The quantitative estimate of drug-likeness (QED) is 0.772. The van der Waals surface area contributed by atoms with Crippen LogP contribution >= 0.6 is 0 Å². The molecule has 17 heavy (non-hydrogen) atoms. The van der Waals surface area contributed by atoms with E-state index in [4.69, 9.17) is 4.74 Å². The molecule has 1 aliphatic rings. The van der Waals surface area contributed by atoms with E-state index >= 15 is 0 Å². The van der Waals surface area contributed by atoms with Crippen LogP contribution in [0.15, 0.2) is 29.3 Å². The van der Waals surface area contributed by atoms with Crippen molar-refractivity contribution in [3.05, 3.63) is 24.3 Å². The summed E-state index contributed by atoms with van der Waals surface area (Å²) in [6.45, 7) is 0. The second-order valence-electron chi connectivity index (χ2n) is 3.46. The zero-order valence-corrected chi connectivity index (χ0v) is 9.43. The number of hydrogen-bond acceptors (Lipinski definition) is 4. The molecule has 0 atom stereocenters. The van der Waals surface area contributed by atoms with E-state index in [-0.39, 0.29) is 5.84 Å². The molecular weight excluding hydrogens is 222 g/mol. The number of nitrogens with one attached hydrogen (secondary N) is 1. The van der Waals surface area contributed by atoms with E-state index in [9.17, 15) is 9.59 Å². The molecule has 0 bridgehead atoms. The smallest absolute Gasteiger partial charge is 0.329 e. The molecule has 0 aliphatic carbocycles. The number of aliphatic imine (C=N–C) groups is 1. The van der Waals surface area contributed by atoms with Gasteiger partial charge in [-0.3, -0.25) is 15.0 Å². The molecular formula is C11H11N3O3. The maximum absolute atomic E-state index is 11.6. The Balaban J connectivity index is 2.30. The predicted molar refractivity (Wildman–Crippen MR) is 61.4 cm³/mol. The highest BCUT2D eigenvalue weighted by atomic mass is 16.5. The summed E-state index contributed by atoms with van der Waals surface area (Å²) in [6.07, 6.45) is 0. The number of urea groups is 1. The minimum Gasteiger partial charge on any atom is -0.497 e. The molecule has 6 nitrogen and oxygen atoms in total. The fraction of sp³-hybridized carbons (Fsp3) is 0.182. The average molecular weight is 233 g/mol. The maximum Gasteiger partial charge on any atom is 0.329 e. The van der Waals surface area contributed by atoms with Crippen LogP contribution in [0.1, 0.15) is 0 Å². The molecule has 3 amide bonds. The highest BCUT2D eigenvalue weighted by molar-refractivity contribution is 6.47. The van der Waals surface area contributed by atoms with Gasteiger partial charge in [-0.15, -0.1) is 0 Å². The van der Waals surface area contributed by atoms with Gasteiger partial charge in [0.2, 0.25) is 5.84 Å². The van der Waals surface area contributed by atoms with Crippen LogP contribution < -0.4 is 10.1 Å². The van der Waals surface area contributed by atoms with Crippen LogP contribution in [-0.2, 0) is 4.79 Å². The van der Waals surface area contributed by atoms with Gasteiger partial charge in [-0.05, 0) is 12.1 Å². The summed E-state index contributed by atoms with van der Waals surface area (Å²) in [5.41, 5.74) is 0.545. The van der Waals surface area contributed by atoms with Crippen molar-refractivity contribution in [3.63, 3.8) is 0 Å². The second-order valence-corrected chi connectivity index (χ2v) is 3.46. The van der Waals surface area contributed by atoms with Crippen LogP contribution in [0, 0.1) is 0 Å². The molecule has 0 aromatic heterocycles. The van der Waals surface area contributed by atoms with Gasteiger partial charge < -0.3 is 4.74 Å². The molecule has 1 fully saturated rings. The Bertz CT molecular complexity index is 510. The molecule has 0 saturated carbocycles. The lowest BCUT2D eigenvalue weighted by Crippen LogP contribution is -2.25. The number of imide groups is 1. The Morgan fingerprint density at radius 3 is 2.71 bits per heavy atom. The monoisotopic (exact) mass is 233 g/mol. The van der Waals surface area contributed by atoms with Gasteiger partial charge in [0, 0.05) is 13.1 Å². The number of benzene rings is 1. The van der Waals surface area contributed by atoms with E-state index in [0.29, 0.717) is 11.4 Å². The SMILES string of the molecule is COc1cccc(N=C2NC(=O)N(C)C2=O)c1. The lowest BCUT2D eigenvalue weighted by molar-refractivity contribution is -0.119. The first kappa shape index (κ1) is 11.1. The van der Waals surface area contributed by atoms with Crippen molar-refractivity contribution in [1.82, 2.24) is 10.2 Å². The molecule has 1 heterocycles. The fourth-order valence-electron chi connectivity index (χ4n) is 1.37. The van der Waals surface area contributed by atoms with Gasteiger partial charge in [0.25, 0.3) is 5.91 Å². The third-order valence-electron chi connectivity index (χ3n) is 2.33. The fourth-order valence-corrected chi connectivity index (χ4v) is 1.37. The normalized spacial score (nSPS) is 17.5. The number of carbonyl (C=O) groups excluding carboxylic acids is 2. The van der Waals surface area contributed by atoms with Crippen LogP contribution in [0.5, 0.6) is 5.75 Å². The van der Waals surface area contributed by atoms with Gasteiger partial charge in [-0.1, -0.05) is 6.07 Å². The van der Waals surface area contributed by atoms with Gasteiger partial charge in [0.15, 0.2) is 0 Å². The Labute approximate surface area is 97.9 Å². The number of carbonyl (C=O) groups is 2. The molecule has 1 N–H and O–H groups in total. The van der Waals surface area contributed by atoms with Crippen LogP contribution in [0.2, 0.25) is 0 Å². The number of rotatable bonds is 2. The molecule has 0 radical (unpaired) electrons. The number of nitrogens with zero attached hydrogens (tertiary/aromatic N) is 2. The predicted octanol–water partition coefficient (Wildman–Crippen LogP) is 0.907. The molecule has 1 saturated heterocycles. The van der Waals surface area contributed by atoms with Crippen LogP contribution in [-0.4, -0.2) is 36.8 Å². The lowest BCUT2D eigenvalue weighted by Gasteiger charge is -2.01. The van der Waals surface area contributed by atoms with Crippen molar-refractivity contribution < 1.29 is 14.3 Å². The van der Waals surface area contributed by atoms with E-state index in [1.54, 1.807) is 31.4 Å². The summed E-state index contributed by atoms with van der Waals surface area (Å²) in [4.78, 5) is 27.8. The first-order valence-electron chi connectivity index (χ1n) is 4.93. The van der Waals surface area contributed by atoms with Gasteiger partial charge >= 0.3 is 6.03 Å². The number of methoxy groups -OCH3 is 1. The number of amides is 3. The molecule has 0 unspecified atom stereocenters. The van der Waals surface area contributed by atoms with Crippen molar-refractivity contribution in [2.75, 3.05) is 14.2 Å². The summed E-state index contributed by atoms with van der Waals surface area (Å²) >= 11 is 0. The standard InChI is InChI=1S/C11H11N3O3/c1-14-10(15)9(13-11(14)16)12-7-4-3-5-8(6-7)17-2/h3-6H,1-2H3,(H,12,13,16). The topological polar surface area (TPSA) is 71.0 Å². The zero-order chi connectivity index (χ0) is 12.4. The van der Waals surface area contributed by atoms with Crippen molar-refractivity contribution >= 4 is 23.5 Å². The maximum atomic E-state index is 11.6. The largest absolute Gasteiger partial charge is 0.497 e. The number of amidine groups is 1. The van der Waals surface area contributed by atoms with Crippen molar-refractivity contribution in [2.45, 2.75) is 0 Å². The molecule has 88 valence electrons. The first-order valence-corrected chi connectivity index (χ1v) is 4.93. The molecule has 1 aromatic rings. The van der Waals surface area contributed by atoms with Gasteiger partial charge in [-0.25, -0.2) is 9.79 Å². The van der Waals surface area contributed by atoms with Gasteiger partial charge in [0.1, 0.15) is 5.75 Å². The third-order valence-corrected chi connectivity index (χ3v) is 2.33. The lowest BCUT2D eigenvalue weighted by atomic mass is 10.3. The number of ether oxygens (including phenoxy) is 1. The Kier molecular flexibility index (Phi) is 2.78. The Hall–Kier alpha value is -2.37. The van der Waals surface area contributed by atoms with E-state index in [1.807, 2.05) is 0 Å². The summed E-state index contributed by atoms with van der Waals surface area (Å²) in [5, 5.41) is 2.39. The Morgan fingerprint density at radius 1 is 1.35 bits per heavy atom. The first-order chi connectivity index (χ1) is 8.11. The minimum absolute atomic E-state index is 0.0192. The number of likely N-dealkylation sites (N-methyl/N-ethyl adjacent to an activating group) is 1. The summed E-state index contributed by atoms with van der Waals surface area (Å²) < 4.78 is 5.04. The minimum atomic E-state index is -0.475. The summed E-state index contributed by atoms with van der Waals surface area (Å²) in [5.74, 6) is 0.209. The van der Waals surface area contributed by atoms with Gasteiger partial charge in [0.05, 0.1) is 12.8 Å². The molecule has 0 spiro atoms. The van der Waals surface area contributed by atoms with Crippen molar-refractivity contribution in [3.8, 4) is 5.75 Å². The molecule has 1 aliphatic heterocycles. The second kappa shape index (κ2) is 4.25. The van der Waals surface area contributed by atoms with E-state index < -0.39 is 11.9 Å². The summed E-state index contributed by atoms with van der Waals surface area (Å²) in [6, 6.07) is 6.43. The molecule has 6 heteroatoms.